The van der Waals surface area contributed by atoms with E-state index in [1.54, 1.807) is 50.2 Å². The standard InChI is InChI=1S/C26H25Cl2F3N2O4.C24H23Cl2F3N2O3/c1-14(36-3)8-25(35)32-23-7-5-16-9-17(4-6-21(16)23)24(33-37-15(2)34)13-22(26(29,30)31)18-10-19(27)12-20(28)11-18;1-13(34-2)7-23(32)30-21-6-4-14-8-15(3-5-19(14)21)22(31-33)12-20(24(27,28)29)16-9-17(25)11-18(26)10-16/h4,6,9-14,23H,5,7-8H2,1-3H3,(H,32,35);3,5,8-13,21,33H,4,6-7H2,1-2H3,(H,30,32)/b22-13-,33-24-;20-12-,31-22-. The van der Waals surface area contributed by atoms with Gasteiger partial charge in [-0.05, 0) is 134 Å². The molecule has 380 valence electrons. The van der Waals surface area contributed by atoms with Gasteiger partial charge in [-0.2, -0.15) is 26.3 Å². The number of carbonyl (C=O) groups is 3. The molecular weight excluding hydrogens is 1020 g/mol. The monoisotopic (exact) mass is 1070 g/mol. The Bertz CT molecular complexity index is 2700. The number of rotatable bonds is 15. The maximum Gasteiger partial charge on any atom is 0.417 e. The summed E-state index contributed by atoms with van der Waals surface area (Å²) in [5, 5.41) is 22.4. The number of oxime groups is 2. The van der Waals surface area contributed by atoms with Gasteiger partial charge in [0.2, 0.25) is 11.8 Å². The Kier molecular flexibility index (Phi) is 19.7. The highest BCUT2D eigenvalue weighted by atomic mass is 35.5. The van der Waals surface area contributed by atoms with Crippen LogP contribution in [0.4, 0.5) is 26.3 Å². The number of amides is 2. The molecule has 6 rings (SSSR count). The van der Waals surface area contributed by atoms with Crippen LogP contribution in [-0.2, 0) is 41.5 Å². The van der Waals surface area contributed by atoms with Crippen LogP contribution in [0.25, 0.3) is 11.1 Å². The second-order valence-corrected chi connectivity index (χ2v) is 18.4. The lowest BCUT2D eigenvalue weighted by Crippen LogP contribution is -2.30. The lowest BCUT2D eigenvalue weighted by atomic mass is 9.98. The quantitative estimate of drug-likeness (QED) is 0.0353. The molecule has 4 atom stereocenters. The van der Waals surface area contributed by atoms with Crippen molar-refractivity contribution < 1.29 is 60.2 Å². The van der Waals surface area contributed by atoms with Crippen molar-refractivity contribution in [2.45, 2.75) is 95.9 Å². The Labute approximate surface area is 425 Å². The summed E-state index contributed by atoms with van der Waals surface area (Å²) in [6.45, 7) is 4.68. The number of nitrogens with one attached hydrogen (secondary N) is 2. The summed E-state index contributed by atoms with van der Waals surface area (Å²) in [5.41, 5.74) is 0.902. The molecule has 0 bridgehead atoms. The summed E-state index contributed by atoms with van der Waals surface area (Å²) in [5.74, 6) is -1.10. The van der Waals surface area contributed by atoms with Crippen molar-refractivity contribution in [3.8, 4) is 0 Å². The van der Waals surface area contributed by atoms with Gasteiger partial charge >= 0.3 is 18.3 Å². The highest BCUT2D eigenvalue weighted by Gasteiger charge is 2.37. The zero-order valence-electron chi connectivity index (χ0n) is 38.7. The van der Waals surface area contributed by atoms with Gasteiger partial charge in [0.15, 0.2) is 0 Å². The second-order valence-electron chi connectivity index (χ2n) is 16.6. The van der Waals surface area contributed by atoms with E-state index in [1.165, 1.54) is 26.4 Å². The molecule has 11 nitrogen and oxygen atoms in total. The third-order valence-electron chi connectivity index (χ3n) is 11.4. The molecule has 2 amide bonds. The Morgan fingerprint density at radius 3 is 1.38 bits per heavy atom. The maximum absolute atomic E-state index is 14.1. The van der Waals surface area contributed by atoms with Gasteiger partial charge in [-0.1, -0.05) is 81.0 Å². The van der Waals surface area contributed by atoms with Crippen molar-refractivity contribution in [3.05, 3.63) is 150 Å². The number of halogens is 10. The molecule has 3 N–H and O–H groups in total. The van der Waals surface area contributed by atoms with E-state index in [4.69, 9.17) is 60.7 Å². The maximum atomic E-state index is 14.1. The number of hydrogen-bond acceptors (Lipinski definition) is 9. The molecule has 71 heavy (non-hydrogen) atoms. The number of fused-ring (bicyclic) bond motifs is 2. The number of methoxy groups -OCH3 is 2. The van der Waals surface area contributed by atoms with Crippen molar-refractivity contribution in [2.24, 2.45) is 10.3 Å². The summed E-state index contributed by atoms with van der Waals surface area (Å²) >= 11 is 23.6. The van der Waals surface area contributed by atoms with Gasteiger partial charge in [-0.3, -0.25) is 9.59 Å². The lowest BCUT2D eigenvalue weighted by Gasteiger charge is -2.17. The van der Waals surface area contributed by atoms with E-state index in [-0.39, 0.29) is 91.6 Å². The van der Waals surface area contributed by atoms with Crippen molar-refractivity contribution in [3.63, 3.8) is 0 Å². The normalized spacial score (nSPS) is 17.1. The van der Waals surface area contributed by atoms with Gasteiger partial charge in [0, 0.05) is 52.4 Å². The Balaban J connectivity index is 0.000000265. The third-order valence-corrected chi connectivity index (χ3v) is 12.2. The van der Waals surface area contributed by atoms with Crippen LogP contribution in [0.15, 0.2) is 95.3 Å². The lowest BCUT2D eigenvalue weighted by molar-refractivity contribution is -0.141. The predicted octanol–water partition coefficient (Wildman–Crippen LogP) is 12.8. The van der Waals surface area contributed by atoms with Crippen LogP contribution < -0.4 is 10.6 Å². The van der Waals surface area contributed by atoms with Gasteiger partial charge in [0.25, 0.3) is 0 Å². The topological polar surface area (TPSA) is 148 Å². The molecule has 21 heteroatoms. The van der Waals surface area contributed by atoms with E-state index in [1.807, 2.05) is 0 Å². The fraction of sp³-hybridized carbons (Fsp3) is 0.340. The first-order valence-electron chi connectivity index (χ1n) is 21.8. The average Bonchev–Trinajstić information content (AvgIpc) is 3.87. The number of ether oxygens (including phenoxy) is 2. The predicted molar refractivity (Wildman–Crippen MR) is 261 cm³/mol. The number of carbonyl (C=O) groups excluding carboxylic acids is 3. The average molecular weight is 1070 g/mol. The van der Waals surface area contributed by atoms with Crippen LogP contribution in [-0.4, -0.2) is 73.2 Å². The van der Waals surface area contributed by atoms with Gasteiger partial charge in [-0.25, -0.2) is 4.79 Å². The van der Waals surface area contributed by atoms with Gasteiger partial charge < -0.3 is 30.2 Å². The largest absolute Gasteiger partial charge is 0.417 e. The van der Waals surface area contributed by atoms with E-state index in [0.29, 0.717) is 36.8 Å². The number of benzene rings is 4. The molecular formula is C50H48Cl4F6N4O7. The van der Waals surface area contributed by atoms with E-state index >= 15 is 0 Å². The molecule has 2 aliphatic carbocycles. The summed E-state index contributed by atoms with van der Waals surface area (Å²) in [4.78, 5) is 40.6. The smallest absolute Gasteiger partial charge is 0.410 e. The minimum Gasteiger partial charge on any atom is -0.410 e. The SMILES string of the molecule is COC(C)CC(=O)NC1CCc2cc(C(/C=C(/c3cc(Cl)cc(Cl)c3)C(F)(F)F)=N\O)ccc21.COC(C)CC(=O)NC1CCc2cc(C(/C=C(/c3cc(Cl)cc(Cl)c3)C(F)(F)F)=N\OC(C)=O)ccc21. The second kappa shape index (κ2) is 24.8. The number of nitrogens with zero attached hydrogens (tertiary/aromatic N) is 2. The van der Waals surface area contributed by atoms with Crippen molar-refractivity contribution in [2.75, 3.05) is 14.2 Å². The van der Waals surface area contributed by atoms with E-state index in [9.17, 15) is 45.9 Å². The molecule has 0 fully saturated rings. The molecule has 4 aromatic rings. The van der Waals surface area contributed by atoms with Crippen LogP contribution in [0.3, 0.4) is 0 Å². The third kappa shape index (κ3) is 16.0. The zero-order chi connectivity index (χ0) is 52.4. The van der Waals surface area contributed by atoms with E-state index < -0.39 is 29.5 Å². The summed E-state index contributed by atoms with van der Waals surface area (Å²) in [6, 6.07) is 16.7. The highest BCUT2D eigenvalue weighted by Crippen LogP contribution is 2.40. The van der Waals surface area contributed by atoms with Crippen LogP contribution in [0, 0.1) is 0 Å². The molecule has 0 spiro atoms. The highest BCUT2D eigenvalue weighted by molar-refractivity contribution is 6.35. The van der Waals surface area contributed by atoms with Crippen molar-refractivity contribution >= 4 is 86.8 Å². The van der Waals surface area contributed by atoms with Crippen LogP contribution in [0.1, 0.15) is 103 Å². The molecule has 4 unspecified atom stereocenters. The molecule has 0 aromatic heterocycles. The summed E-state index contributed by atoms with van der Waals surface area (Å²) in [7, 11) is 3.06. The van der Waals surface area contributed by atoms with Gasteiger partial charge in [0.05, 0.1) is 48.3 Å². The van der Waals surface area contributed by atoms with Crippen LogP contribution in [0.2, 0.25) is 20.1 Å². The molecule has 0 radical (unpaired) electrons. The first-order chi connectivity index (χ1) is 33.4. The Morgan fingerprint density at radius 2 is 1.03 bits per heavy atom. The Hall–Kier alpha value is -5.43. The number of aryl methyl sites for hydroxylation is 2. The molecule has 2 aliphatic rings. The van der Waals surface area contributed by atoms with Crippen LogP contribution >= 0.6 is 46.4 Å². The van der Waals surface area contributed by atoms with Crippen LogP contribution in [0.5, 0.6) is 0 Å². The molecule has 0 saturated carbocycles. The van der Waals surface area contributed by atoms with Gasteiger partial charge in [-0.15, -0.1) is 0 Å². The van der Waals surface area contributed by atoms with E-state index in [2.05, 4.69) is 20.9 Å². The zero-order valence-corrected chi connectivity index (χ0v) is 41.7. The fourth-order valence-corrected chi connectivity index (χ4v) is 8.90. The summed E-state index contributed by atoms with van der Waals surface area (Å²) < 4.78 is 94.0. The molecule has 4 aromatic carbocycles. The van der Waals surface area contributed by atoms with Gasteiger partial charge in [0.1, 0.15) is 11.4 Å². The van der Waals surface area contributed by atoms with Crippen molar-refractivity contribution in [1.82, 2.24) is 10.6 Å². The minimum atomic E-state index is -4.80. The summed E-state index contributed by atoms with van der Waals surface area (Å²) in [6.07, 6.45) is -5.53. The number of alkyl halides is 6. The first kappa shape index (κ1) is 56.5. The minimum absolute atomic E-state index is 0.0293. The molecule has 0 saturated heterocycles. The van der Waals surface area contributed by atoms with E-state index in [0.717, 1.165) is 65.6 Å². The molecule has 0 aliphatic heterocycles. The Morgan fingerprint density at radius 1 is 0.648 bits per heavy atom. The molecule has 0 heterocycles. The number of hydrogen-bond donors (Lipinski definition) is 3. The number of allylic oxidation sites excluding steroid dienone is 4. The fourth-order valence-electron chi connectivity index (χ4n) is 7.84. The van der Waals surface area contributed by atoms with Crippen molar-refractivity contribution in [1.29, 1.82) is 0 Å². The first-order valence-corrected chi connectivity index (χ1v) is 23.3.